The van der Waals surface area contributed by atoms with E-state index in [-0.39, 0.29) is 5.91 Å². The molecule has 1 unspecified atom stereocenters. The summed E-state index contributed by atoms with van der Waals surface area (Å²) >= 11 is 0. The molecular weight excluding hydrogens is 346 g/mol. The molecule has 0 saturated carbocycles. The lowest BCUT2D eigenvalue weighted by molar-refractivity contribution is -0.136. The van der Waals surface area contributed by atoms with Crippen LogP contribution in [0.1, 0.15) is 32.1 Å². The minimum atomic E-state index is 0.274. The van der Waals surface area contributed by atoms with Crippen LogP contribution in [-0.2, 0) is 11.3 Å². The van der Waals surface area contributed by atoms with Crippen molar-refractivity contribution < 1.29 is 13.6 Å². The Morgan fingerprint density at radius 3 is 2.70 bits per heavy atom. The van der Waals surface area contributed by atoms with Gasteiger partial charge in [-0.25, -0.2) is 0 Å². The van der Waals surface area contributed by atoms with Crippen LogP contribution in [-0.4, -0.2) is 76.1 Å². The lowest BCUT2D eigenvalue weighted by atomic mass is 10.0. The Balaban J connectivity index is 1.24. The van der Waals surface area contributed by atoms with Crippen molar-refractivity contribution in [2.45, 2.75) is 38.8 Å². The van der Waals surface area contributed by atoms with E-state index in [0.29, 0.717) is 36.7 Å². The summed E-state index contributed by atoms with van der Waals surface area (Å²) < 4.78 is 11.0. The van der Waals surface area contributed by atoms with E-state index in [9.17, 15) is 4.79 Å². The van der Waals surface area contributed by atoms with Crippen molar-refractivity contribution in [2.24, 2.45) is 0 Å². The predicted molar refractivity (Wildman–Crippen MR) is 98.7 cm³/mol. The molecule has 4 heterocycles. The molecule has 0 aromatic carbocycles. The van der Waals surface area contributed by atoms with Gasteiger partial charge in [0.25, 0.3) is 5.89 Å². The molecule has 4 rings (SSSR count). The highest BCUT2D eigenvalue weighted by atomic mass is 16.4. The van der Waals surface area contributed by atoms with Crippen molar-refractivity contribution in [1.82, 2.24) is 24.9 Å². The normalized spacial score (nSPS) is 22.3. The van der Waals surface area contributed by atoms with Crippen LogP contribution in [0.5, 0.6) is 0 Å². The van der Waals surface area contributed by atoms with Crippen molar-refractivity contribution >= 4 is 5.91 Å². The van der Waals surface area contributed by atoms with Gasteiger partial charge in [0.15, 0.2) is 5.76 Å². The minimum absolute atomic E-state index is 0.274. The number of carbonyl (C=O) groups excluding carboxylic acids is 1. The van der Waals surface area contributed by atoms with Crippen LogP contribution in [0.25, 0.3) is 11.7 Å². The Bertz CT molecular complexity index is 736. The van der Waals surface area contributed by atoms with Crippen molar-refractivity contribution in [2.75, 3.05) is 39.3 Å². The molecule has 8 heteroatoms. The van der Waals surface area contributed by atoms with Gasteiger partial charge in [-0.15, -0.1) is 10.2 Å². The number of piperidine rings is 1. The summed E-state index contributed by atoms with van der Waals surface area (Å²) in [4.78, 5) is 19.2. The summed E-state index contributed by atoms with van der Waals surface area (Å²) in [5.41, 5.74) is 0. The Morgan fingerprint density at radius 2 is 1.96 bits per heavy atom. The maximum atomic E-state index is 12.6. The SMILES string of the molecule is CC1CCCCN1C(=O)CN1CCN(Cc2nnc(-c3ccco3)o2)CC1. The van der Waals surface area contributed by atoms with E-state index in [4.69, 9.17) is 8.83 Å². The van der Waals surface area contributed by atoms with Crippen LogP contribution in [0.3, 0.4) is 0 Å². The summed E-state index contributed by atoms with van der Waals surface area (Å²) in [5, 5.41) is 8.15. The quantitative estimate of drug-likeness (QED) is 0.791. The van der Waals surface area contributed by atoms with E-state index in [1.165, 1.54) is 6.42 Å². The molecule has 0 aliphatic carbocycles. The van der Waals surface area contributed by atoms with Gasteiger partial charge in [0.05, 0.1) is 19.4 Å². The average molecular weight is 373 g/mol. The summed E-state index contributed by atoms with van der Waals surface area (Å²) in [5.74, 6) is 1.86. The van der Waals surface area contributed by atoms with Gasteiger partial charge in [-0.1, -0.05) is 0 Å². The molecule has 0 bridgehead atoms. The fourth-order valence-electron chi connectivity index (χ4n) is 3.86. The first-order valence-electron chi connectivity index (χ1n) is 9.79. The molecule has 0 spiro atoms. The molecular formula is C19H27N5O3. The van der Waals surface area contributed by atoms with Gasteiger partial charge in [-0.2, -0.15) is 0 Å². The number of rotatable bonds is 5. The monoisotopic (exact) mass is 373 g/mol. The predicted octanol–water partition coefficient (Wildman–Crippen LogP) is 1.85. The lowest BCUT2D eigenvalue weighted by Gasteiger charge is -2.37. The number of hydrogen-bond donors (Lipinski definition) is 0. The van der Waals surface area contributed by atoms with Gasteiger partial charge in [-0.3, -0.25) is 14.6 Å². The zero-order valence-electron chi connectivity index (χ0n) is 15.8. The zero-order chi connectivity index (χ0) is 18.6. The number of aromatic nitrogens is 2. The van der Waals surface area contributed by atoms with Gasteiger partial charge < -0.3 is 13.7 Å². The van der Waals surface area contributed by atoms with E-state index in [1.54, 1.807) is 18.4 Å². The first kappa shape index (κ1) is 18.2. The number of amides is 1. The molecule has 1 amide bonds. The van der Waals surface area contributed by atoms with Gasteiger partial charge in [0, 0.05) is 38.8 Å². The lowest BCUT2D eigenvalue weighted by Crippen LogP contribution is -2.51. The first-order chi connectivity index (χ1) is 13.2. The second-order valence-electron chi connectivity index (χ2n) is 7.46. The second-order valence-corrected chi connectivity index (χ2v) is 7.46. The van der Waals surface area contributed by atoms with Gasteiger partial charge in [-0.05, 0) is 38.3 Å². The summed E-state index contributed by atoms with van der Waals surface area (Å²) in [6.07, 6.45) is 5.09. The topological polar surface area (TPSA) is 78.9 Å². The van der Waals surface area contributed by atoms with Crippen LogP contribution in [0.15, 0.2) is 27.2 Å². The Kier molecular flexibility index (Phi) is 5.54. The van der Waals surface area contributed by atoms with E-state index >= 15 is 0 Å². The van der Waals surface area contributed by atoms with Crippen LogP contribution in [0.4, 0.5) is 0 Å². The number of furan rings is 1. The molecule has 2 aromatic rings. The molecule has 146 valence electrons. The Morgan fingerprint density at radius 1 is 1.15 bits per heavy atom. The molecule has 2 aromatic heterocycles. The fraction of sp³-hybridized carbons (Fsp3) is 0.632. The van der Waals surface area contributed by atoms with Crippen LogP contribution in [0.2, 0.25) is 0 Å². The average Bonchev–Trinajstić information content (AvgIpc) is 3.35. The summed E-state index contributed by atoms with van der Waals surface area (Å²) in [7, 11) is 0. The largest absolute Gasteiger partial charge is 0.459 e. The van der Waals surface area contributed by atoms with Gasteiger partial charge in [0.1, 0.15) is 0 Å². The molecule has 2 fully saturated rings. The number of piperazine rings is 1. The molecule has 2 aliphatic rings. The van der Waals surface area contributed by atoms with Crippen LogP contribution >= 0.6 is 0 Å². The third-order valence-corrected chi connectivity index (χ3v) is 5.50. The van der Waals surface area contributed by atoms with Gasteiger partial charge in [0.2, 0.25) is 11.8 Å². The highest BCUT2D eigenvalue weighted by Crippen LogP contribution is 2.19. The molecule has 1 atom stereocenters. The van der Waals surface area contributed by atoms with Crippen molar-refractivity contribution in [3.63, 3.8) is 0 Å². The minimum Gasteiger partial charge on any atom is -0.459 e. The van der Waals surface area contributed by atoms with Crippen LogP contribution < -0.4 is 0 Å². The third-order valence-electron chi connectivity index (χ3n) is 5.50. The summed E-state index contributed by atoms with van der Waals surface area (Å²) in [6, 6.07) is 3.98. The smallest absolute Gasteiger partial charge is 0.283 e. The highest BCUT2D eigenvalue weighted by molar-refractivity contribution is 5.78. The second kappa shape index (κ2) is 8.22. The molecule has 0 radical (unpaired) electrons. The van der Waals surface area contributed by atoms with Crippen LogP contribution in [0, 0.1) is 0 Å². The molecule has 2 aliphatic heterocycles. The standard InChI is InChI=1S/C19H27N5O3/c1-15-5-2-3-7-24(15)18(25)14-23-10-8-22(9-11-23)13-17-20-21-19(27-17)16-6-4-12-26-16/h4,6,12,15H,2-3,5,7-11,13-14H2,1H3. The van der Waals surface area contributed by atoms with Crippen molar-refractivity contribution in [3.05, 3.63) is 24.3 Å². The highest BCUT2D eigenvalue weighted by Gasteiger charge is 2.26. The maximum Gasteiger partial charge on any atom is 0.283 e. The van der Waals surface area contributed by atoms with Crippen molar-refractivity contribution in [3.8, 4) is 11.7 Å². The Hall–Kier alpha value is -2.19. The van der Waals surface area contributed by atoms with Gasteiger partial charge >= 0.3 is 0 Å². The molecule has 2 saturated heterocycles. The number of likely N-dealkylation sites (tertiary alicyclic amines) is 1. The molecule has 8 nitrogen and oxygen atoms in total. The molecule has 27 heavy (non-hydrogen) atoms. The van der Waals surface area contributed by atoms with E-state index in [1.807, 2.05) is 0 Å². The number of carbonyl (C=O) groups is 1. The van der Waals surface area contributed by atoms with E-state index in [2.05, 4.69) is 31.8 Å². The first-order valence-corrected chi connectivity index (χ1v) is 9.79. The maximum absolute atomic E-state index is 12.6. The number of hydrogen-bond acceptors (Lipinski definition) is 7. The number of nitrogens with zero attached hydrogens (tertiary/aromatic N) is 5. The van der Waals surface area contributed by atoms with E-state index < -0.39 is 0 Å². The van der Waals surface area contributed by atoms with Crippen molar-refractivity contribution in [1.29, 1.82) is 0 Å². The Labute approximate surface area is 159 Å². The van der Waals surface area contributed by atoms with E-state index in [0.717, 1.165) is 45.6 Å². The molecule has 0 N–H and O–H groups in total. The fourth-order valence-corrected chi connectivity index (χ4v) is 3.86. The summed E-state index contributed by atoms with van der Waals surface area (Å²) in [6.45, 7) is 7.77. The third kappa shape index (κ3) is 4.39. The zero-order valence-corrected chi connectivity index (χ0v) is 15.8.